The molecule has 1 N–H and O–H groups in total. The molecule has 4 nitrogen and oxygen atoms in total. The predicted octanol–water partition coefficient (Wildman–Crippen LogP) is 3.59. The number of nitrogens with one attached hydrogen (secondary N) is 1. The molecule has 4 heteroatoms. The van der Waals surface area contributed by atoms with Crippen LogP contribution in [0, 0.1) is 6.92 Å². The summed E-state index contributed by atoms with van der Waals surface area (Å²) in [5.74, 6) is -0.338. The Morgan fingerprint density at radius 2 is 1.95 bits per heavy atom. The lowest BCUT2D eigenvalue weighted by atomic mass is 10.1. The van der Waals surface area contributed by atoms with Crippen LogP contribution in [0.2, 0.25) is 0 Å². The summed E-state index contributed by atoms with van der Waals surface area (Å²) in [6.07, 6.45) is 0. The Balaban J connectivity index is 1.93. The highest BCUT2D eigenvalue weighted by molar-refractivity contribution is 5.88. The molecule has 0 aliphatic heterocycles. The number of benzene rings is 2. The molecule has 2 aromatic carbocycles. The van der Waals surface area contributed by atoms with Crippen molar-refractivity contribution in [3.63, 3.8) is 0 Å². The van der Waals surface area contributed by atoms with Crippen molar-refractivity contribution in [1.29, 1.82) is 0 Å². The van der Waals surface area contributed by atoms with E-state index in [9.17, 15) is 4.79 Å². The quantitative estimate of drug-likeness (QED) is 0.578. The molecule has 0 radical (unpaired) electrons. The minimum Gasteiger partial charge on any atom is -0.408 e. The summed E-state index contributed by atoms with van der Waals surface area (Å²) in [5, 5.41) is 1.18. The van der Waals surface area contributed by atoms with Gasteiger partial charge in [0.15, 0.2) is 5.58 Å². The molecule has 4 rings (SSSR count). The number of hydrogen-bond acceptors (Lipinski definition) is 2. The van der Waals surface area contributed by atoms with E-state index in [4.69, 9.17) is 4.42 Å². The predicted molar refractivity (Wildman–Crippen MR) is 83.5 cm³/mol. The van der Waals surface area contributed by atoms with E-state index in [0.29, 0.717) is 5.58 Å². The van der Waals surface area contributed by atoms with Crippen LogP contribution in [-0.4, -0.2) is 9.55 Å². The number of nitrogens with zero attached hydrogens (tertiary/aromatic N) is 1. The van der Waals surface area contributed by atoms with E-state index in [-0.39, 0.29) is 5.76 Å². The first-order chi connectivity index (χ1) is 10.1. The summed E-state index contributed by atoms with van der Waals surface area (Å²) in [4.78, 5) is 15.0. The van der Waals surface area contributed by atoms with Crippen molar-refractivity contribution in [2.45, 2.75) is 6.92 Å². The number of aromatic amines is 1. The molecule has 21 heavy (non-hydrogen) atoms. The summed E-state index contributed by atoms with van der Waals surface area (Å²) < 4.78 is 6.76. The molecule has 104 valence electrons. The third kappa shape index (κ3) is 1.80. The van der Waals surface area contributed by atoms with Crippen LogP contribution in [0.25, 0.3) is 33.3 Å². The van der Waals surface area contributed by atoms with Gasteiger partial charge >= 0.3 is 5.76 Å². The molecule has 0 fully saturated rings. The van der Waals surface area contributed by atoms with Crippen LogP contribution in [0.5, 0.6) is 0 Å². The summed E-state index contributed by atoms with van der Waals surface area (Å²) in [7, 11) is 1.71. The average molecular weight is 278 g/mol. The van der Waals surface area contributed by atoms with Crippen molar-refractivity contribution < 1.29 is 4.42 Å². The lowest BCUT2D eigenvalue weighted by Crippen LogP contribution is -2.08. The molecule has 0 spiro atoms. The second-order valence-corrected chi connectivity index (χ2v) is 5.38. The molecule has 2 aromatic heterocycles. The maximum atomic E-state index is 11.6. The topological polar surface area (TPSA) is 50.9 Å². The maximum Gasteiger partial charge on any atom is 0.419 e. The van der Waals surface area contributed by atoms with E-state index < -0.39 is 0 Å². The fraction of sp³-hybridized carbons (Fsp3) is 0.118. The van der Waals surface area contributed by atoms with Crippen LogP contribution < -0.4 is 5.76 Å². The number of aryl methyl sites for hydroxylation is 2. The van der Waals surface area contributed by atoms with Crippen LogP contribution in [0.1, 0.15) is 5.56 Å². The smallest absolute Gasteiger partial charge is 0.408 e. The number of aromatic nitrogens is 2. The molecule has 4 aromatic rings. The van der Waals surface area contributed by atoms with Crippen LogP contribution >= 0.6 is 0 Å². The average Bonchev–Trinajstić information content (AvgIpc) is 3.00. The Bertz CT molecular complexity index is 1030. The second-order valence-electron chi connectivity index (χ2n) is 5.38. The van der Waals surface area contributed by atoms with Crippen molar-refractivity contribution in [1.82, 2.24) is 9.55 Å². The summed E-state index contributed by atoms with van der Waals surface area (Å²) in [6.45, 7) is 2.08. The van der Waals surface area contributed by atoms with Crippen LogP contribution in [0.4, 0.5) is 0 Å². The van der Waals surface area contributed by atoms with Crippen LogP contribution in [-0.2, 0) is 7.05 Å². The van der Waals surface area contributed by atoms with Gasteiger partial charge in [0, 0.05) is 29.2 Å². The number of hydrogen-bond donors (Lipinski definition) is 1. The third-order valence-electron chi connectivity index (χ3n) is 3.88. The molecular weight excluding hydrogens is 264 g/mol. The summed E-state index contributed by atoms with van der Waals surface area (Å²) in [5.41, 5.74) is 5.77. The van der Waals surface area contributed by atoms with E-state index in [1.807, 2.05) is 18.2 Å². The second kappa shape index (κ2) is 4.12. The standard InChI is InChI=1S/C17H14N2O2/c1-10-3-5-13-12(7-10)8-14(18-13)11-4-6-15-16(9-11)21-17(20)19(15)2/h3-9,18H,1-2H3. The summed E-state index contributed by atoms with van der Waals surface area (Å²) in [6, 6.07) is 14.2. The Kier molecular flexibility index (Phi) is 2.36. The molecule has 0 aliphatic rings. The molecule has 0 bridgehead atoms. The SMILES string of the molecule is Cc1ccc2[nH]c(-c3ccc4c(c3)oc(=O)n4C)cc2c1. The summed E-state index contributed by atoms with van der Waals surface area (Å²) >= 11 is 0. The Labute approximate surface area is 120 Å². The number of H-pyrrole nitrogens is 1. The van der Waals surface area contributed by atoms with Crippen molar-refractivity contribution in [2.24, 2.45) is 7.05 Å². The number of oxazole rings is 1. The monoisotopic (exact) mass is 278 g/mol. The Morgan fingerprint density at radius 3 is 2.81 bits per heavy atom. The minimum absolute atomic E-state index is 0.338. The first-order valence-corrected chi connectivity index (χ1v) is 6.81. The minimum atomic E-state index is -0.338. The molecule has 2 heterocycles. The van der Waals surface area contributed by atoms with Crippen LogP contribution in [0.15, 0.2) is 51.7 Å². The first-order valence-electron chi connectivity index (χ1n) is 6.81. The van der Waals surface area contributed by atoms with E-state index >= 15 is 0 Å². The maximum absolute atomic E-state index is 11.6. The van der Waals surface area contributed by atoms with E-state index in [0.717, 1.165) is 22.3 Å². The van der Waals surface area contributed by atoms with Crippen molar-refractivity contribution in [3.05, 3.63) is 58.6 Å². The molecule has 0 aliphatic carbocycles. The molecule has 0 atom stereocenters. The third-order valence-corrected chi connectivity index (χ3v) is 3.88. The van der Waals surface area contributed by atoms with Gasteiger partial charge in [-0.25, -0.2) is 4.79 Å². The zero-order chi connectivity index (χ0) is 14.6. The van der Waals surface area contributed by atoms with Gasteiger partial charge in [-0.05, 0) is 37.3 Å². The van der Waals surface area contributed by atoms with Gasteiger partial charge in [-0.3, -0.25) is 4.57 Å². The Morgan fingerprint density at radius 1 is 1.10 bits per heavy atom. The fourth-order valence-corrected chi connectivity index (χ4v) is 2.71. The molecule has 0 saturated heterocycles. The highest BCUT2D eigenvalue weighted by atomic mass is 16.4. The lowest BCUT2D eigenvalue weighted by molar-refractivity contribution is 0.528. The highest BCUT2D eigenvalue weighted by Gasteiger charge is 2.09. The van der Waals surface area contributed by atoms with Crippen molar-refractivity contribution >= 4 is 22.0 Å². The Hall–Kier alpha value is -2.75. The number of fused-ring (bicyclic) bond motifs is 2. The largest absolute Gasteiger partial charge is 0.419 e. The van der Waals surface area contributed by atoms with Crippen molar-refractivity contribution in [2.75, 3.05) is 0 Å². The first kappa shape index (κ1) is 12.0. The van der Waals surface area contributed by atoms with Gasteiger partial charge in [-0.15, -0.1) is 0 Å². The van der Waals surface area contributed by atoms with Gasteiger partial charge in [0.1, 0.15) is 0 Å². The lowest BCUT2D eigenvalue weighted by Gasteiger charge is -1.98. The van der Waals surface area contributed by atoms with E-state index in [1.165, 1.54) is 15.5 Å². The number of rotatable bonds is 1. The van der Waals surface area contributed by atoms with Gasteiger partial charge < -0.3 is 9.40 Å². The molecular formula is C17H14N2O2. The molecule has 0 amide bonds. The zero-order valence-electron chi connectivity index (χ0n) is 11.8. The van der Waals surface area contributed by atoms with Crippen molar-refractivity contribution in [3.8, 4) is 11.3 Å². The normalized spacial score (nSPS) is 11.5. The van der Waals surface area contributed by atoms with Gasteiger partial charge in [0.05, 0.1) is 5.52 Å². The fourth-order valence-electron chi connectivity index (χ4n) is 2.71. The van der Waals surface area contributed by atoms with Gasteiger partial charge in [-0.2, -0.15) is 0 Å². The molecule has 0 saturated carbocycles. The van der Waals surface area contributed by atoms with Crippen LogP contribution in [0.3, 0.4) is 0 Å². The van der Waals surface area contributed by atoms with Gasteiger partial charge in [-0.1, -0.05) is 17.7 Å². The zero-order valence-corrected chi connectivity index (χ0v) is 11.8. The highest BCUT2D eigenvalue weighted by Crippen LogP contribution is 2.27. The van der Waals surface area contributed by atoms with Gasteiger partial charge in [0.2, 0.25) is 0 Å². The van der Waals surface area contributed by atoms with Gasteiger partial charge in [0.25, 0.3) is 0 Å². The van der Waals surface area contributed by atoms with E-state index in [1.54, 1.807) is 7.05 Å². The molecule has 0 unspecified atom stereocenters. The van der Waals surface area contributed by atoms with E-state index in [2.05, 4.69) is 36.2 Å².